The van der Waals surface area contributed by atoms with Crippen LogP contribution in [0.3, 0.4) is 0 Å². The lowest BCUT2D eigenvalue weighted by Gasteiger charge is -2.38. The quantitative estimate of drug-likeness (QED) is 0.816. The van der Waals surface area contributed by atoms with Crippen LogP contribution < -0.4 is 5.73 Å². The molecule has 2 N–H and O–H groups in total. The van der Waals surface area contributed by atoms with Gasteiger partial charge in [0.1, 0.15) is 0 Å². The maximum Gasteiger partial charge on any atom is 0.227 e. The third kappa shape index (κ3) is 1.97. The predicted molar refractivity (Wildman–Crippen MR) is 74.1 cm³/mol. The summed E-state index contributed by atoms with van der Waals surface area (Å²) in [5.74, 6) is 0.575. The van der Waals surface area contributed by atoms with Crippen molar-refractivity contribution in [2.24, 2.45) is 22.5 Å². The van der Waals surface area contributed by atoms with Crippen molar-refractivity contribution >= 4 is 5.91 Å². The molecule has 0 saturated heterocycles. The zero-order chi connectivity index (χ0) is 13.6. The topological polar surface area (TPSA) is 46.3 Å². The number of carbonyl (C=O) groups excluding carboxylic acids is 1. The molecule has 0 aromatic rings. The van der Waals surface area contributed by atoms with Crippen LogP contribution in [0.5, 0.6) is 0 Å². The largest absolute Gasteiger partial charge is 0.339 e. The molecule has 2 aliphatic rings. The van der Waals surface area contributed by atoms with Crippen LogP contribution in [0.25, 0.3) is 0 Å². The smallest absolute Gasteiger partial charge is 0.227 e. The highest BCUT2D eigenvalue weighted by Gasteiger charge is 2.69. The number of nitrogens with two attached hydrogens (primary N) is 1. The van der Waals surface area contributed by atoms with E-state index in [4.69, 9.17) is 5.73 Å². The molecule has 2 fully saturated rings. The van der Waals surface area contributed by atoms with E-state index < -0.39 is 0 Å². The minimum Gasteiger partial charge on any atom is -0.339 e. The van der Waals surface area contributed by atoms with Crippen molar-refractivity contribution < 1.29 is 4.79 Å². The molecule has 0 unspecified atom stereocenters. The van der Waals surface area contributed by atoms with Crippen molar-refractivity contribution in [1.29, 1.82) is 0 Å². The van der Waals surface area contributed by atoms with Crippen LogP contribution in [-0.4, -0.2) is 29.9 Å². The first kappa shape index (κ1) is 13.9. The second-order valence-electron chi connectivity index (χ2n) is 7.13. The Morgan fingerprint density at radius 1 is 1.22 bits per heavy atom. The predicted octanol–water partition coefficient (Wildman–Crippen LogP) is 2.40. The van der Waals surface area contributed by atoms with Gasteiger partial charge in [0.05, 0.1) is 0 Å². The lowest BCUT2D eigenvalue weighted by atomic mass is 9.90. The zero-order valence-corrected chi connectivity index (χ0v) is 12.3. The first-order valence-corrected chi connectivity index (χ1v) is 7.34. The van der Waals surface area contributed by atoms with Gasteiger partial charge in [0, 0.05) is 18.5 Å². The van der Waals surface area contributed by atoms with Crippen molar-refractivity contribution in [2.75, 3.05) is 13.1 Å². The molecule has 0 aromatic heterocycles. The van der Waals surface area contributed by atoms with E-state index in [-0.39, 0.29) is 16.7 Å². The molecular formula is C15H28N2O. The van der Waals surface area contributed by atoms with Crippen LogP contribution in [0.4, 0.5) is 0 Å². The third-order valence-electron chi connectivity index (χ3n) is 5.67. The van der Waals surface area contributed by atoms with Crippen LogP contribution in [0.1, 0.15) is 53.4 Å². The summed E-state index contributed by atoms with van der Waals surface area (Å²) in [6, 6.07) is 0.497. The van der Waals surface area contributed by atoms with Gasteiger partial charge in [-0.1, -0.05) is 27.7 Å². The molecular weight excluding hydrogens is 224 g/mol. The average molecular weight is 252 g/mol. The Morgan fingerprint density at radius 3 is 2.11 bits per heavy atom. The summed E-state index contributed by atoms with van der Waals surface area (Å²) >= 11 is 0. The molecule has 2 rings (SSSR count). The lowest BCUT2D eigenvalue weighted by Crippen LogP contribution is -2.46. The molecule has 18 heavy (non-hydrogen) atoms. The van der Waals surface area contributed by atoms with Crippen molar-refractivity contribution in [2.45, 2.75) is 59.4 Å². The van der Waals surface area contributed by atoms with Gasteiger partial charge in [-0.05, 0) is 43.1 Å². The van der Waals surface area contributed by atoms with Gasteiger partial charge in [-0.3, -0.25) is 4.79 Å². The third-order valence-corrected chi connectivity index (χ3v) is 5.67. The fourth-order valence-corrected chi connectivity index (χ4v) is 3.41. The second-order valence-corrected chi connectivity index (χ2v) is 7.13. The number of nitrogens with zero attached hydrogens (tertiary/aromatic N) is 1. The van der Waals surface area contributed by atoms with E-state index in [1.807, 2.05) is 0 Å². The summed E-state index contributed by atoms with van der Waals surface area (Å²) in [6.07, 6.45) is 4.57. The number of carbonyl (C=O) groups is 1. The van der Waals surface area contributed by atoms with E-state index in [2.05, 4.69) is 32.6 Å². The molecule has 0 aliphatic heterocycles. The van der Waals surface area contributed by atoms with E-state index in [1.165, 1.54) is 19.3 Å². The Bertz CT molecular complexity index is 317. The fraction of sp³-hybridized carbons (Fsp3) is 0.933. The van der Waals surface area contributed by atoms with E-state index >= 15 is 0 Å². The van der Waals surface area contributed by atoms with Crippen LogP contribution in [-0.2, 0) is 4.79 Å². The number of hydrogen-bond donors (Lipinski definition) is 1. The summed E-state index contributed by atoms with van der Waals surface area (Å²) in [6.45, 7) is 10.4. The normalized spacial score (nSPS) is 25.6. The molecule has 0 heterocycles. The van der Waals surface area contributed by atoms with Crippen molar-refractivity contribution in [3.63, 3.8) is 0 Å². The van der Waals surface area contributed by atoms with Crippen LogP contribution >= 0.6 is 0 Å². The molecule has 3 heteroatoms. The van der Waals surface area contributed by atoms with E-state index in [1.54, 1.807) is 0 Å². The van der Waals surface area contributed by atoms with E-state index in [0.717, 1.165) is 13.0 Å². The lowest BCUT2D eigenvalue weighted by molar-refractivity contribution is -0.138. The molecule has 1 amide bonds. The van der Waals surface area contributed by atoms with Gasteiger partial charge in [-0.25, -0.2) is 0 Å². The van der Waals surface area contributed by atoms with Crippen molar-refractivity contribution in [3.8, 4) is 0 Å². The Labute approximate surface area is 111 Å². The minimum atomic E-state index is 0.148. The summed E-state index contributed by atoms with van der Waals surface area (Å²) < 4.78 is 0. The van der Waals surface area contributed by atoms with E-state index in [9.17, 15) is 4.79 Å². The highest BCUT2D eigenvalue weighted by Crippen LogP contribution is 2.69. The summed E-state index contributed by atoms with van der Waals surface area (Å²) in [5, 5.41) is 0. The van der Waals surface area contributed by atoms with Crippen LogP contribution in [0, 0.1) is 16.7 Å². The Kier molecular flexibility index (Phi) is 3.48. The maximum atomic E-state index is 12.8. The Morgan fingerprint density at radius 2 is 1.78 bits per heavy atom. The number of rotatable bonds is 5. The van der Waals surface area contributed by atoms with Gasteiger partial charge >= 0.3 is 0 Å². The average Bonchev–Trinajstić information content (AvgIpc) is 2.60. The van der Waals surface area contributed by atoms with Crippen LogP contribution in [0.15, 0.2) is 0 Å². The fourth-order valence-electron chi connectivity index (χ4n) is 3.41. The van der Waals surface area contributed by atoms with Crippen molar-refractivity contribution in [3.05, 3.63) is 0 Å². The molecule has 3 nitrogen and oxygen atoms in total. The molecule has 2 saturated carbocycles. The molecule has 0 radical (unpaired) electrons. The molecule has 0 spiro atoms. The van der Waals surface area contributed by atoms with Gasteiger partial charge in [-0.2, -0.15) is 0 Å². The van der Waals surface area contributed by atoms with Gasteiger partial charge in [0.15, 0.2) is 0 Å². The monoisotopic (exact) mass is 252 g/mol. The van der Waals surface area contributed by atoms with Gasteiger partial charge in [0.2, 0.25) is 5.91 Å². The minimum absolute atomic E-state index is 0.148. The number of hydrogen-bond acceptors (Lipinski definition) is 2. The highest BCUT2D eigenvalue weighted by atomic mass is 16.2. The SMILES string of the molecule is CC1(C)C(C(=O)N(CCCN)C2CCC2)C1(C)C. The molecule has 104 valence electrons. The molecule has 0 bridgehead atoms. The van der Waals surface area contributed by atoms with Gasteiger partial charge in [-0.15, -0.1) is 0 Å². The maximum absolute atomic E-state index is 12.8. The highest BCUT2D eigenvalue weighted by molar-refractivity contribution is 5.84. The first-order valence-electron chi connectivity index (χ1n) is 7.34. The van der Waals surface area contributed by atoms with Crippen molar-refractivity contribution in [1.82, 2.24) is 4.90 Å². The zero-order valence-electron chi connectivity index (χ0n) is 12.3. The van der Waals surface area contributed by atoms with Crippen LogP contribution in [0.2, 0.25) is 0 Å². The summed E-state index contributed by atoms with van der Waals surface area (Å²) in [5.41, 5.74) is 5.89. The second kappa shape index (κ2) is 4.52. The standard InChI is InChI=1S/C15H28N2O/c1-14(2)12(15(14,3)4)13(18)17(10-6-9-16)11-7-5-8-11/h11-12H,5-10,16H2,1-4H3. The molecule has 2 aliphatic carbocycles. The molecule has 0 aromatic carbocycles. The van der Waals surface area contributed by atoms with Gasteiger partial charge < -0.3 is 10.6 Å². The summed E-state index contributed by atoms with van der Waals surface area (Å²) in [4.78, 5) is 14.9. The summed E-state index contributed by atoms with van der Waals surface area (Å²) in [7, 11) is 0. The number of amides is 1. The molecule has 0 atom stereocenters. The Balaban J connectivity index is 2.05. The Hall–Kier alpha value is -0.570. The van der Waals surface area contributed by atoms with E-state index in [0.29, 0.717) is 18.5 Å². The van der Waals surface area contributed by atoms with Gasteiger partial charge in [0.25, 0.3) is 0 Å². The first-order chi connectivity index (χ1) is 8.34.